The molecule has 23 heavy (non-hydrogen) atoms. The standard InChI is InChI=1S/C17H20BrN3O2/c1-12-2-3-14(17(22)23)11-20(12)9-13-8-19-21(10-13)16-6-4-15(18)5-7-16/h4-8,10,12,14H,2-3,9,11H2,1H3,(H,22,23). The summed E-state index contributed by atoms with van der Waals surface area (Å²) in [5.74, 6) is -0.944. The molecule has 1 aliphatic heterocycles. The Hall–Kier alpha value is -1.66. The fourth-order valence-corrected chi connectivity index (χ4v) is 3.28. The fourth-order valence-electron chi connectivity index (χ4n) is 3.01. The second-order valence-corrected chi connectivity index (χ2v) is 7.08. The van der Waals surface area contributed by atoms with Crippen molar-refractivity contribution < 1.29 is 9.90 Å². The van der Waals surface area contributed by atoms with Crippen LogP contribution in [-0.4, -0.2) is 38.3 Å². The summed E-state index contributed by atoms with van der Waals surface area (Å²) in [6.07, 6.45) is 5.57. The number of rotatable bonds is 4. The number of aromatic nitrogens is 2. The maximum absolute atomic E-state index is 11.2. The summed E-state index contributed by atoms with van der Waals surface area (Å²) in [5.41, 5.74) is 2.11. The van der Waals surface area contributed by atoms with E-state index in [4.69, 9.17) is 0 Å². The van der Waals surface area contributed by atoms with Gasteiger partial charge in [-0.3, -0.25) is 9.69 Å². The predicted molar refractivity (Wildman–Crippen MR) is 91.5 cm³/mol. The van der Waals surface area contributed by atoms with Crippen LogP contribution in [0.1, 0.15) is 25.3 Å². The number of carboxylic acids is 1. The molecule has 1 N–H and O–H groups in total. The number of piperidine rings is 1. The van der Waals surface area contributed by atoms with E-state index in [0.29, 0.717) is 12.6 Å². The van der Waals surface area contributed by atoms with Crippen molar-refractivity contribution in [3.05, 3.63) is 46.7 Å². The Morgan fingerprint density at radius 2 is 2.09 bits per heavy atom. The van der Waals surface area contributed by atoms with Gasteiger partial charge in [-0.15, -0.1) is 0 Å². The van der Waals surface area contributed by atoms with Crippen LogP contribution >= 0.6 is 15.9 Å². The summed E-state index contributed by atoms with van der Waals surface area (Å²) in [6.45, 7) is 3.51. The largest absolute Gasteiger partial charge is 0.481 e. The van der Waals surface area contributed by atoms with Crippen molar-refractivity contribution in [1.29, 1.82) is 0 Å². The molecule has 0 radical (unpaired) electrons. The number of aliphatic carboxylic acids is 1. The predicted octanol–water partition coefficient (Wildman–Crippen LogP) is 3.32. The number of nitrogens with zero attached hydrogens (tertiary/aromatic N) is 3. The molecule has 1 aromatic carbocycles. The molecule has 1 saturated heterocycles. The SMILES string of the molecule is CC1CCC(C(=O)O)CN1Cc1cnn(-c2ccc(Br)cc2)c1. The van der Waals surface area contributed by atoms with E-state index in [1.54, 1.807) is 0 Å². The lowest BCUT2D eigenvalue weighted by molar-refractivity contribution is -0.144. The summed E-state index contributed by atoms with van der Waals surface area (Å²) in [6, 6.07) is 8.39. The molecule has 0 saturated carbocycles. The highest BCUT2D eigenvalue weighted by Crippen LogP contribution is 2.24. The lowest BCUT2D eigenvalue weighted by Crippen LogP contribution is -2.43. The number of carbonyl (C=O) groups is 1. The van der Waals surface area contributed by atoms with E-state index in [1.807, 2.05) is 41.3 Å². The van der Waals surface area contributed by atoms with Gasteiger partial charge in [-0.05, 0) is 44.0 Å². The van der Waals surface area contributed by atoms with Crippen LogP contribution in [0.5, 0.6) is 0 Å². The van der Waals surface area contributed by atoms with E-state index in [2.05, 4.69) is 32.9 Å². The molecule has 0 spiro atoms. The van der Waals surface area contributed by atoms with Crippen molar-refractivity contribution >= 4 is 21.9 Å². The topological polar surface area (TPSA) is 58.4 Å². The lowest BCUT2D eigenvalue weighted by Gasteiger charge is -2.36. The van der Waals surface area contributed by atoms with Crippen LogP contribution in [0.3, 0.4) is 0 Å². The van der Waals surface area contributed by atoms with Crippen LogP contribution < -0.4 is 0 Å². The van der Waals surface area contributed by atoms with Crippen molar-refractivity contribution in [2.45, 2.75) is 32.4 Å². The summed E-state index contributed by atoms with van der Waals surface area (Å²) in [4.78, 5) is 13.5. The molecule has 2 aromatic rings. The molecular weight excluding hydrogens is 358 g/mol. The molecule has 0 aliphatic carbocycles. The molecule has 0 amide bonds. The monoisotopic (exact) mass is 377 g/mol. The second-order valence-electron chi connectivity index (χ2n) is 6.16. The Bertz CT molecular complexity index is 683. The van der Waals surface area contributed by atoms with Gasteiger partial charge in [0.2, 0.25) is 0 Å². The van der Waals surface area contributed by atoms with Gasteiger partial charge in [0, 0.05) is 35.4 Å². The average Bonchev–Trinajstić information content (AvgIpc) is 2.98. The molecule has 2 heterocycles. The van der Waals surface area contributed by atoms with Gasteiger partial charge >= 0.3 is 5.97 Å². The maximum Gasteiger partial charge on any atom is 0.307 e. The number of hydrogen-bond acceptors (Lipinski definition) is 3. The summed E-state index contributed by atoms with van der Waals surface area (Å²) < 4.78 is 2.89. The Kier molecular flexibility index (Phi) is 4.82. The highest BCUT2D eigenvalue weighted by atomic mass is 79.9. The normalized spacial score (nSPS) is 22.2. The van der Waals surface area contributed by atoms with Crippen LogP contribution in [0.15, 0.2) is 41.1 Å². The van der Waals surface area contributed by atoms with Gasteiger partial charge in [0.1, 0.15) is 0 Å². The summed E-state index contributed by atoms with van der Waals surface area (Å²) in [5, 5.41) is 13.7. The molecule has 2 atom stereocenters. The molecule has 2 unspecified atom stereocenters. The van der Waals surface area contributed by atoms with Crippen molar-refractivity contribution in [2.24, 2.45) is 5.92 Å². The zero-order chi connectivity index (χ0) is 16.4. The zero-order valence-electron chi connectivity index (χ0n) is 13.0. The van der Waals surface area contributed by atoms with Gasteiger partial charge in [-0.1, -0.05) is 15.9 Å². The molecule has 3 rings (SSSR count). The molecule has 122 valence electrons. The third-order valence-corrected chi connectivity index (χ3v) is 5.00. The van der Waals surface area contributed by atoms with Crippen LogP contribution in [0, 0.1) is 5.92 Å². The van der Waals surface area contributed by atoms with E-state index < -0.39 is 5.97 Å². The van der Waals surface area contributed by atoms with E-state index in [-0.39, 0.29) is 5.92 Å². The fraction of sp³-hybridized carbons (Fsp3) is 0.412. The number of benzene rings is 1. The quantitative estimate of drug-likeness (QED) is 0.887. The minimum absolute atomic E-state index is 0.257. The van der Waals surface area contributed by atoms with Crippen molar-refractivity contribution in [3.63, 3.8) is 0 Å². The first kappa shape index (κ1) is 16.2. The molecule has 1 fully saturated rings. The zero-order valence-corrected chi connectivity index (χ0v) is 14.6. The summed E-state index contributed by atoms with van der Waals surface area (Å²) >= 11 is 3.43. The molecule has 6 heteroatoms. The second kappa shape index (κ2) is 6.84. The minimum atomic E-state index is -0.688. The maximum atomic E-state index is 11.2. The third kappa shape index (κ3) is 3.82. The van der Waals surface area contributed by atoms with E-state index in [9.17, 15) is 9.90 Å². The number of hydrogen-bond donors (Lipinski definition) is 1. The number of carboxylic acid groups (broad SMARTS) is 1. The van der Waals surface area contributed by atoms with Gasteiger partial charge < -0.3 is 5.11 Å². The number of halogens is 1. The Morgan fingerprint density at radius 1 is 1.35 bits per heavy atom. The lowest BCUT2D eigenvalue weighted by atomic mass is 9.93. The third-order valence-electron chi connectivity index (χ3n) is 4.47. The van der Waals surface area contributed by atoms with E-state index >= 15 is 0 Å². The van der Waals surface area contributed by atoms with E-state index in [1.165, 1.54) is 0 Å². The highest BCUT2D eigenvalue weighted by Gasteiger charge is 2.29. The van der Waals surface area contributed by atoms with Gasteiger partial charge in [0.05, 0.1) is 17.8 Å². The van der Waals surface area contributed by atoms with Crippen LogP contribution in [0.2, 0.25) is 0 Å². The van der Waals surface area contributed by atoms with Crippen LogP contribution in [0.4, 0.5) is 0 Å². The Morgan fingerprint density at radius 3 is 2.78 bits per heavy atom. The van der Waals surface area contributed by atoms with Crippen molar-refractivity contribution in [3.8, 4) is 5.69 Å². The number of likely N-dealkylation sites (tertiary alicyclic amines) is 1. The first-order valence-corrected chi connectivity index (χ1v) is 8.58. The van der Waals surface area contributed by atoms with Crippen LogP contribution in [0.25, 0.3) is 5.69 Å². The van der Waals surface area contributed by atoms with E-state index in [0.717, 1.165) is 35.1 Å². The first-order chi connectivity index (χ1) is 11.0. The molecule has 5 nitrogen and oxygen atoms in total. The Labute approximate surface area is 144 Å². The van der Waals surface area contributed by atoms with Gasteiger partial charge in [-0.2, -0.15) is 5.10 Å². The average molecular weight is 378 g/mol. The molecule has 1 aliphatic rings. The van der Waals surface area contributed by atoms with Crippen molar-refractivity contribution in [2.75, 3.05) is 6.54 Å². The highest BCUT2D eigenvalue weighted by molar-refractivity contribution is 9.10. The smallest absolute Gasteiger partial charge is 0.307 e. The van der Waals surface area contributed by atoms with Gasteiger partial charge in [0.15, 0.2) is 0 Å². The van der Waals surface area contributed by atoms with Gasteiger partial charge in [0.25, 0.3) is 0 Å². The van der Waals surface area contributed by atoms with Crippen molar-refractivity contribution in [1.82, 2.24) is 14.7 Å². The Balaban J connectivity index is 1.70. The molecule has 1 aromatic heterocycles. The molecular formula is C17H20BrN3O2. The molecule has 0 bridgehead atoms. The van der Waals surface area contributed by atoms with Gasteiger partial charge in [-0.25, -0.2) is 4.68 Å². The minimum Gasteiger partial charge on any atom is -0.481 e. The van der Waals surface area contributed by atoms with Crippen LogP contribution in [-0.2, 0) is 11.3 Å². The first-order valence-electron chi connectivity index (χ1n) is 7.79. The summed E-state index contributed by atoms with van der Waals surface area (Å²) in [7, 11) is 0.